The third-order valence-corrected chi connectivity index (χ3v) is 12.6. The monoisotopic (exact) mass is 814 g/mol. The minimum Gasteiger partial charge on any atom is -0.466 e. The van der Waals surface area contributed by atoms with Crippen LogP contribution < -0.4 is 0 Å². The van der Waals surface area contributed by atoms with E-state index in [4.69, 9.17) is 14.2 Å². The van der Waals surface area contributed by atoms with Crippen LogP contribution in [-0.4, -0.2) is 61.8 Å². The summed E-state index contributed by atoms with van der Waals surface area (Å²) in [7, 11) is 2.10. The van der Waals surface area contributed by atoms with Gasteiger partial charge in [0.2, 0.25) is 0 Å². The Bertz CT molecular complexity index is 1080. The van der Waals surface area contributed by atoms with Crippen molar-refractivity contribution >= 4 is 17.9 Å². The summed E-state index contributed by atoms with van der Waals surface area (Å²) < 4.78 is 18.0. The van der Waals surface area contributed by atoms with Gasteiger partial charge in [0.1, 0.15) is 12.2 Å². The zero-order valence-electron chi connectivity index (χ0n) is 38.3. The van der Waals surface area contributed by atoms with E-state index < -0.39 is 0 Å². The predicted octanol–water partition coefficient (Wildman–Crippen LogP) is 13.8. The Morgan fingerprint density at radius 3 is 1.79 bits per heavy atom. The molecule has 2 fully saturated rings. The number of hydrogen-bond acceptors (Lipinski definition) is 7. The van der Waals surface area contributed by atoms with Crippen LogP contribution in [0.15, 0.2) is 24.3 Å². The van der Waals surface area contributed by atoms with Gasteiger partial charge in [-0.25, -0.2) is 0 Å². The van der Waals surface area contributed by atoms with Gasteiger partial charge in [-0.1, -0.05) is 148 Å². The van der Waals surface area contributed by atoms with Crippen molar-refractivity contribution in [2.75, 3.05) is 26.7 Å². The quantitative estimate of drug-likeness (QED) is 0.0270. The number of allylic oxidation sites excluding steroid dienone is 4. The summed E-state index contributed by atoms with van der Waals surface area (Å²) in [4.78, 5) is 41.7. The van der Waals surface area contributed by atoms with Crippen LogP contribution >= 0.6 is 0 Å². The molecule has 7 heteroatoms. The van der Waals surface area contributed by atoms with Crippen molar-refractivity contribution < 1.29 is 28.6 Å². The molecule has 0 spiro atoms. The molecule has 1 aliphatic carbocycles. The van der Waals surface area contributed by atoms with Crippen molar-refractivity contribution in [2.24, 2.45) is 17.8 Å². The van der Waals surface area contributed by atoms with Gasteiger partial charge in [0.05, 0.1) is 18.4 Å². The summed E-state index contributed by atoms with van der Waals surface area (Å²) in [6.07, 6.45) is 43.1. The third-order valence-electron chi connectivity index (χ3n) is 12.6. The van der Waals surface area contributed by atoms with Gasteiger partial charge in [0, 0.05) is 12.8 Å². The van der Waals surface area contributed by atoms with Gasteiger partial charge >= 0.3 is 17.9 Å². The summed E-state index contributed by atoms with van der Waals surface area (Å²) in [5.74, 6) is -0.129. The number of ether oxygens (including phenoxy) is 3. The number of unbranched alkanes of at least 4 members (excludes halogenated alkanes) is 17. The number of carbonyl (C=O) groups excluding carboxylic acids is 3. The number of esters is 3. The number of carbonyl (C=O) groups is 3. The fourth-order valence-electron chi connectivity index (χ4n) is 8.68. The van der Waals surface area contributed by atoms with Gasteiger partial charge in [-0.3, -0.25) is 14.4 Å². The van der Waals surface area contributed by atoms with E-state index in [1.165, 1.54) is 103 Å². The highest BCUT2D eigenvalue weighted by atomic mass is 16.6. The molecule has 0 aromatic heterocycles. The minimum atomic E-state index is -0.219. The van der Waals surface area contributed by atoms with Gasteiger partial charge in [0.25, 0.3) is 0 Å². The first kappa shape index (κ1) is 52.0. The smallest absolute Gasteiger partial charge is 0.309 e. The molecule has 4 unspecified atom stereocenters. The van der Waals surface area contributed by atoms with Gasteiger partial charge < -0.3 is 19.1 Å². The fraction of sp³-hybridized carbons (Fsp3) is 0.863. The number of nitrogens with zero attached hydrogens (tertiary/aromatic N) is 1. The average Bonchev–Trinajstić information content (AvgIpc) is 3.65. The molecule has 7 nitrogen and oxygen atoms in total. The van der Waals surface area contributed by atoms with Crippen molar-refractivity contribution in [1.82, 2.24) is 4.90 Å². The van der Waals surface area contributed by atoms with Crippen LogP contribution in [0.25, 0.3) is 0 Å². The maximum absolute atomic E-state index is 13.7. The molecule has 1 heterocycles. The Balaban J connectivity index is 1.80. The molecule has 0 N–H and O–H groups in total. The first-order valence-electron chi connectivity index (χ1n) is 24.9. The lowest BCUT2D eigenvalue weighted by atomic mass is 9.94. The van der Waals surface area contributed by atoms with Crippen LogP contribution in [0.2, 0.25) is 0 Å². The molecule has 336 valence electrons. The van der Waals surface area contributed by atoms with Crippen molar-refractivity contribution in [2.45, 2.75) is 238 Å². The summed E-state index contributed by atoms with van der Waals surface area (Å²) in [6.45, 7) is 8.88. The number of rotatable bonds is 36. The van der Waals surface area contributed by atoms with Crippen molar-refractivity contribution in [3.05, 3.63) is 24.3 Å². The summed E-state index contributed by atoms with van der Waals surface area (Å²) in [5.41, 5.74) is 0. The predicted molar refractivity (Wildman–Crippen MR) is 242 cm³/mol. The van der Waals surface area contributed by atoms with Crippen molar-refractivity contribution in [1.29, 1.82) is 0 Å². The second kappa shape index (κ2) is 35.6. The van der Waals surface area contributed by atoms with Crippen LogP contribution in [0.3, 0.4) is 0 Å². The molecule has 1 aliphatic heterocycles. The highest BCUT2D eigenvalue weighted by molar-refractivity contribution is 5.73. The Kier molecular flexibility index (Phi) is 31.9. The minimum absolute atomic E-state index is 0.00391. The molecule has 0 radical (unpaired) electrons. The summed E-state index contributed by atoms with van der Waals surface area (Å²) >= 11 is 0. The average molecular weight is 814 g/mol. The maximum atomic E-state index is 13.7. The maximum Gasteiger partial charge on any atom is 0.309 e. The molecule has 0 bridgehead atoms. The van der Waals surface area contributed by atoms with E-state index in [0.29, 0.717) is 12.8 Å². The highest BCUT2D eigenvalue weighted by Gasteiger charge is 2.33. The molecule has 0 aromatic rings. The van der Waals surface area contributed by atoms with E-state index in [0.717, 1.165) is 103 Å². The zero-order chi connectivity index (χ0) is 41.9. The van der Waals surface area contributed by atoms with E-state index in [9.17, 15) is 14.4 Å². The lowest BCUT2D eigenvalue weighted by Crippen LogP contribution is -2.35. The van der Waals surface area contributed by atoms with Crippen LogP contribution in [-0.2, 0) is 28.6 Å². The second-order valence-corrected chi connectivity index (χ2v) is 18.1. The Labute approximate surface area is 357 Å². The van der Waals surface area contributed by atoms with Gasteiger partial charge in [-0.15, -0.1) is 0 Å². The summed E-state index contributed by atoms with van der Waals surface area (Å²) in [5, 5.41) is 0. The molecule has 2 aliphatic rings. The molecule has 0 amide bonds. The molecule has 0 aromatic carbocycles. The van der Waals surface area contributed by atoms with E-state index >= 15 is 0 Å². The first-order chi connectivity index (χ1) is 28.4. The molecule has 4 atom stereocenters. The number of hydrogen-bond donors (Lipinski definition) is 0. The van der Waals surface area contributed by atoms with E-state index in [-0.39, 0.29) is 54.5 Å². The van der Waals surface area contributed by atoms with Crippen LogP contribution in [0.5, 0.6) is 0 Å². The van der Waals surface area contributed by atoms with E-state index in [1.807, 2.05) is 0 Å². The largest absolute Gasteiger partial charge is 0.466 e. The van der Waals surface area contributed by atoms with Gasteiger partial charge in [-0.2, -0.15) is 0 Å². The fourth-order valence-corrected chi connectivity index (χ4v) is 8.68. The molecule has 1 saturated heterocycles. The lowest BCUT2D eigenvalue weighted by Gasteiger charge is -2.28. The Hall–Kier alpha value is -2.15. The van der Waals surface area contributed by atoms with E-state index in [2.05, 4.69) is 57.0 Å². The lowest BCUT2D eigenvalue weighted by molar-refractivity contribution is -0.157. The molecular formula is C51H91NO6. The summed E-state index contributed by atoms with van der Waals surface area (Å²) in [6, 6.07) is 0. The van der Waals surface area contributed by atoms with Gasteiger partial charge in [0.15, 0.2) is 0 Å². The Morgan fingerprint density at radius 1 is 0.621 bits per heavy atom. The highest BCUT2D eigenvalue weighted by Crippen LogP contribution is 2.32. The molecule has 58 heavy (non-hydrogen) atoms. The van der Waals surface area contributed by atoms with Crippen molar-refractivity contribution in [3.8, 4) is 0 Å². The molecular weight excluding hydrogens is 723 g/mol. The van der Waals surface area contributed by atoms with Crippen LogP contribution in [0.4, 0.5) is 0 Å². The van der Waals surface area contributed by atoms with Crippen LogP contribution in [0, 0.1) is 17.8 Å². The molecule has 1 saturated carbocycles. The number of likely N-dealkylation sites (tertiary alicyclic amines) is 1. The van der Waals surface area contributed by atoms with Crippen LogP contribution in [0.1, 0.15) is 226 Å². The molecule has 2 rings (SSSR count). The standard InChI is InChI=1S/C51H91NO6/c1-5-8-11-14-16-17-18-19-20-21-22-23-24-25-27-30-33-47(57-50(54)45(31-28-13-10-7-3)32-29-26-15-12-9-6-2)38-41-56-49(53)43-44-34-35-48(42-44)58-51(55)46-36-39-52(4)40-37-46/h16-17,19-20,44-48H,5-15,18,21-43H2,1-4H3/b17-16-,20-19-. The SMILES string of the molecule is CCCCC/C=C\C/C=C\CCCCCCCCC(CCOC(=O)CC1CCC(OC(=O)C2CCN(C)CC2)C1)OC(=O)C(CCCCCC)CCCCCCCC. The Morgan fingerprint density at radius 2 is 1.16 bits per heavy atom. The first-order valence-corrected chi connectivity index (χ1v) is 24.9. The van der Waals surface area contributed by atoms with Crippen molar-refractivity contribution in [3.63, 3.8) is 0 Å². The second-order valence-electron chi connectivity index (χ2n) is 18.1. The third kappa shape index (κ3) is 26.8. The zero-order valence-corrected chi connectivity index (χ0v) is 38.3. The van der Waals surface area contributed by atoms with E-state index in [1.54, 1.807) is 0 Å². The normalized spacial score (nSPS) is 18.9. The van der Waals surface area contributed by atoms with Gasteiger partial charge in [-0.05, 0) is 116 Å². The topological polar surface area (TPSA) is 82.1 Å². The number of piperidine rings is 1.